The van der Waals surface area contributed by atoms with Crippen LogP contribution in [0, 0.1) is 0 Å². The van der Waals surface area contributed by atoms with E-state index in [1.165, 1.54) is 0 Å². The average molecular weight is 162 g/mol. The van der Waals surface area contributed by atoms with E-state index >= 15 is 0 Å². The van der Waals surface area contributed by atoms with Gasteiger partial charge in [-0.1, -0.05) is 6.08 Å². The summed E-state index contributed by atoms with van der Waals surface area (Å²) >= 11 is 5.59. The second-order valence-electron chi connectivity index (χ2n) is 1.68. The molecule has 0 aromatic rings. The summed E-state index contributed by atoms with van der Waals surface area (Å²) in [5.74, 6) is 1.05. The van der Waals surface area contributed by atoms with Crippen LogP contribution in [0.4, 0.5) is 0 Å². The first kappa shape index (κ1) is 9.50. The summed E-state index contributed by atoms with van der Waals surface area (Å²) in [7, 11) is 3.26. The predicted molar refractivity (Wildman–Crippen MR) is 44.8 cm³/mol. The van der Waals surface area contributed by atoms with Crippen molar-refractivity contribution in [3.63, 3.8) is 0 Å². The fraction of sp³-hybridized carbons (Fsp3) is 0.571. The first-order valence-corrected chi connectivity index (χ1v) is 3.55. The molecule has 0 aliphatic carbocycles. The van der Waals surface area contributed by atoms with Crippen LogP contribution in [0.25, 0.3) is 0 Å². The highest BCUT2D eigenvalue weighted by Crippen LogP contribution is 2.01. The van der Waals surface area contributed by atoms with Gasteiger partial charge in [-0.2, -0.15) is 0 Å². The number of hydrogen-bond donors (Lipinski definition) is 0. The Hall–Kier alpha value is -0.500. The maximum absolute atomic E-state index is 5.59. The van der Waals surface area contributed by atoms with Gasteiger partial charge in [0.2, 0.25) is 5.90 Å². The largest absolute Gasteiger partial charge is 0.481 e. The first-order valence-electron chi connectivity index (χ1n) is 3.02. The second kappa shape index (κ2) is 5.30. The van der Waals surface area contributed by atoms with Gasteiger partial charge in [0.05, 0.1) is 13.0 Å². The summed E-state index contributed by atoms with van der Waals surface area (Å²) in [6, 6.07) is 0. The van der Waals surface area contributed by atoms with Gasteiger partial charge in [0.1, 0.15) is 0 Å². The van der Waals surface area contributed by atoms with E-state index in [0.29, 0.717) is 11.8 Å². The highest BCUT2D eigenvalue weighted by molar-refractivity contribution is 6.22. The molecule has 0 aromatic heterocycles. The number of rotatable bonds is 2. The van der Waals surface area contributed by atoms with Crippen molar-refractivity contribution in [1.82, 2.24) is 0 Å². The lowest BCUT2D eigenvalue weighted by atomic mass is 10.3. The molecule has 0 heterocycles. The number of aliphatic imine (C=N–C) groups is 1. The first-order chi connectivity index (χ1) is 4.79. The Kier molecular flexibility index (Phi) is 5.03. The second-order valence-corrected chi connectivity index (χ2v) is 1.95. The zero-order valence-corrected chi connectivity index (χ0v) is 7.27. The van der Waals surface area contributed by atoms with Gasteiger partial charge in [-0.05, 0) is 6.92 Å². The van der Waals surface area contributed by atoms with Crippen molar-refractivity contribution in [2.75, 3.05) is 20.0 Å². The van der Waals surface area contributed by atoms with Gasteiger partial charge in [0.25, 0.3) is 0 Å². The third-order valence-electron chi connectivity index (χ3n) is 1.16. The van der Waals surface area contributed by atoms with E-state index in [0.717, 1.165) is 5.57 Å². The SMILES string of the molecule is C/C=C(CCl)\C(=N/C)OC. The normalized spacial score (nSPS) is 13.6. The van der Waals surface area contributed by atoms with Gasteiger partial charge in [0.15, 0.2) is 0 Å². The number of methoxy groups -OCH3 is 1. The average Bonchev–Trinajstić information content (AvgIpc) is 2.00. The molecule has 0 saturated heterocycles. The number of alkyl halides is 1. The Morgan fingerprint density at radius 1 is 1.70 bits per heavy atom. The number of hydrogen-bond acceptors (Lipinski definition) is 2. The molecule has 0 fully saturated rings. The van der Waals surface area contributed by atoms with Gasteiger partial charge in [0, 0.05) is 12.6 Å². The van der Waals surface area contributed by atoms with Crippen LogP contribution in [-0.4, -0.2) is 25.9 Å². The lowest BCUT2D eigenvalue weighted by molar-refractivity contribution is 0.403. The molecule has 0 radical (unpaired) electrons. The number of nitrogens with zero attached hydrogens (tertiary/aromatic N) is 1. The molecule has 10 heavy (non-hydrogen) atoms. The Balaban J connectivity index is 4.27. The van der Waals surface area contributed by atoms with Crippen molar-refractivity contribution in [3.8, 4) is 0 Å². The summed E-state index contributed by atoms with van der Waals surface area (Å²) in [6.45, 7) is 1.90. The summed E-state index contributed by atoms with van der Waals surface area (Å²) in [5.41, 5.74) is 0.923. The van der Waals surface area contributed by atoms with Crippen LogP contribution in [-0.2, 0) is 4.74 Å². The molecule has 0 unspecified atom stereocenters. The van der Waals surface area contributed by atoms with Crippen molar-refractivity contribution < 1.29 is 4.74 Å². The van der Waals surface area contributed by atoms with Crippen LogP contribution in [0.2, 0.25) is 0 Å². The van der Waals surface area contributed by atoms with Gasteiger partial charge < -0.3 is 4.74 Å². The monoisotopic (exact) mass is 161 g/mol. The molecule has 0 spiro atoms. The summed E-state index contributed by atoms with van der Waals surface area (Å²) in [5, 5.41) is 0. The standard InChI is InChI=1S/C7H12ClNO/c1-4-6(5-8)7(9-2)10-3/h4H,5H2,1-3H3/b6-4-,9-7+. The van der Waals surface area contributed by atoms with Gasteiger partial charge in [-0.15, -0.1) is 11.6 Å². The number of allylic oxidation sites excluding steroid dienone is 1. The van der Waals surface area contributed by atoms with Gasteiger partial charge in [-0.25, -0.2) is 0 Å². The van der Waals surface area contributed by atoms with E-state index in [1.54, 1.807) is 14.2 Å². The fourth-order valence-corrected chi connectivity index (χ4v) is 0.892. The van der Waals surface area contributed by atoms with Crippen LogP contribution >= 0.6 is 11.6 Å². The summed E-state index contributed by atoms with van der Waals surface area (Å²) in [6.07, 6.45) is 1.89. The van der Waals surface area contributed by atoms with E-state index in [1.807, 2.05) is 13.0 Å². The molecule has 0 rings (SSSR count). The van der Waals surface area contributed by atoms with Crippen molar-refractivity contribution in [2.45, 2.75) is 6.92 Å². The molecule has 0 amide bonds. The predicted octanol–water partition coefficient (Wildman–Crippen LogP) is 1.85. The highest BCUT2D eigenvalue weighted by atomic mass is 35.5. The molecule has 0 atom stereocenters. The van der Waals surface area contributed by atoms with E-state index < -0.39 is 0 Å². The quantitative estimate of drug-likeness (QED) is 0.344. The minimum atomic E-state index is 0.441. The smallest absolute Gasteiger partial charge is 0.212 e. The molecule has 3 heteroatoms. The Morgan fingerprint density at radius 2 is 2.30 bits per heavy atom. The molecule has 0 bridgehead atoms. The zero-order chi connectivity index (χ0) is 7.98. The number of ether oxygens (including phenoxy) is 1. The molecule has 0 aliphatic rings. The van der Waals surface area contributed by atoms with E-state index in [9.17, 15) is 0 Å². The maximum Gasteiger partial charge on any atom is 0.212 e. The maximum atomic E-state index is 5.59. The Labute approximate surface area is 66.6 Å². The highest BCUT2D eigenvalue weighted by Gasteiger charge is 2.01. The van der Waals surface area contributed by atoms with Crippen molar-refractivity contribution in [2.24, 2.45) is 4.99 Å². The van der Waals surface area contributed by atoms with Crippen LogP contribution < -0.4 is 0 Å². The van der Waals surface area contributed by atoms with Gasteiger partial charge >= 0.3 is 0 Å². The molecule has 0 saturated carbocycles. The zero-order valence-electron chi connectivity index (χ0n) is 6.52. The van der Waals surface area contributed by atoms with Crippen molar-refractivity contribution >= 4 is 17.5 Å². The van der Waals surface area contributed by atoms with Crippen LogP contribution in [0.5, 0.6) is 0 Å². The van der Waals surface area contributed by atoms with E-state index in [2.05, 4.69) is 4.99 Å². The minimum Gasteiger partial charge on any atom is -0.481 e. The Bertz CT molecular complexity index is 134. The van der Waals surface area contributed by atoms with Crippen molar-refractivity contribution in [3.05, 3.63) is 11.6 Å². The third kappa shape index (κ3) is 2.40. The molecule has 0 aromatic carbocycles. The van der Waals surface area contributed by atoms with Crippen molar-refractivity contribution in [1.29, 1.82) is 0 Å². The molecular formula is C7H12ClNO. The molecule has 0 aliphatic heterocycles. The van der Waals surface area contributed by atoms with Crippen LogP contribution in [0.3, 0.4) is 0 Å². The van der Waals surface area contributed by atoms with Gasteiger partial charge in [-0.3, -0.25) is 4.99 Å². The van der Waals surface area contributed by atoms with Crippen LogP contribution in [0.15, 0.2) is 16.6 Å². The lowest BCUT2D eigenvalue weighted by Crippen LogP contribution is -2.06. The molecule has 0 N–H and O–H groups in total. The topological polar surface area (TPSA) is 21.6 Å². The molecule has 2 nitrogen and oxygen atoms in total. The summed E-state index contributed by atoms with van der Waals surface area (Å²) in [4.78, 5) is 3.89. The minimum absolute atomic E-state index is 0.441. The Morgan fingerprint density at radius 3 is 2.40 bits per heavy atom. The molecule has 58 valence electrons. The lowest BCUT2D eigenvalue weighted by Gasteiger charge is -2.03. The number of halogens is 1. The van der Waals surface area contributed by atoms with E-state index in [4.69, 9.17) is 16.3 Å². The van der Waals surface area contributed by atoms with Crippen LogP contribution in [0.1, 0.15) is 6.92 Å². The van der Waals surface area contributed by atoms with E-state index in [-0.39, 0.29) is 0 Å². The summed E-state index contributed by atoms with van der Waals surface area (Å²) < 4.78 is 4.94. The molecular weight excluding hydrogens is 150 g/mol. The third-order valence-corrected chi connectivity index (χ3v) is 1.45. The fourth-order valence-electron chi connectivity index (χ4n) is 0.624.